The van der Waals surface area contributed by atoms with Crippen LogP contribution in [0.25, 0.3) is 11.3 Å². The maximum absolute atomic E-state index is 15.0. The largest absolute Gasteiger partial charge is 0.324 e. The molecule has 1 amide bonds. The van der Waals surface area contributed by atoms with Crippen molar-refractivity contribution in [1.29, 1.82) is 5.41 Å². The highest BCUT2D eigenvalue weighted by atomic mass is 127. The van der Waals surface area contributed by atoms with Gasteiger partial charge in [-0.2, -0.15) is 0 Å². The molecule has 0 saturated heterocycles. The number of aromatic nitrogens is 2. The number of benzene rings is 3. The van der Waals surface area contributed by atoms with Gasteiger partial charge in [0, 0.05) is 45.0 Å². The fourth-order valence-corrected chi connectivity index (χ4v) is 6.44. The van der Waals surface area contributed by atoms with E-state index in [1.807, 2.05) is 32.3 Å². The molecule has 1 saturated carbocycles. The Bertz CT molecular complexity index is 1880. The molecule has 242 valence electrons. The number of carbonyl (C=O) groups is 1. The number of amides is 1. The van der Waals surface area contributed by atoms with Crippen LogP contribution in [-0.4, -0.2) is 52.6 Å². The van der Waals surface area contributed by atoms with E-state index in [-0.39, 0.29) is 47.2 Å². The maximum atomic E-state index is 15.0. The molecule has 6 rings (SSSR count). The van der Waals surface area contributed by atoms with E-state index in [1.165, 1.54) is 36.4 Å². The minimum atomic E-state index is -0.709. The Labute approximate surface area is 283 Å². The first-order valence-electron chi connectivity index (χ1n) is 15.0. The number of aliphatic imine (C=N–C) groups is 1. The summed E-state index contributed by atoms with van der Waals surface area (Å²) >= 11 is 2.23. The monoisotopic (exact) mass is 752 g/mol. The molecule has 3 aromatic carbocycles. The van der Waals surface area contributed by atoms with Gasteiger partial charge in [0.25, 0.3) is 0 Å². The van der Waals surface area contributed by atoms with Gasteiger partial charge in [-0.05, 0) is 75.3 Å². The predicted octanol–water partition coefficient (Wildman–Crippen LogP) is 6.78. The number of anilines is 3. The molecule has 2 heterocycles. The Morgan fingerprint density at radius 1 is 1.02 bits per heavy atom. The smallest absolute Gasteiger partial charge is 0.229 e. The summed E-state index contributed by atoms with van der Waals surface area (Å²) in [6, 6.07) is 13.9. The Morgan fingerprint density at radius 3 is 2.53 bits per heavy atom. The molecule has 0 spiro atoms. The van der Waals surface area contributed by atoms with Gasteiger partial charge in [0.15, 0.2) is 5.96 Å². The van der Waals surface area contributed by atoms with E-state index in [1.54, 1.807) is 6.20 Å². The van der Waals surface area contributed by atoms with Crippen molar-refractivity contribution in [2.75, 3.05) is 24.7 Å². The summed E-state index contributed by atoms with van der Waals surface area (Å²) in [4.78, 5) is 28.6. The van der Waals surface area contributed by atoms with Crippen molar-refractivity contribution in [3.63, 3.8) is 0 Å². The van der Waals surface area contributed by atoms with Crippen LogP contribution in [0.15, 0.2) is 65.8 Å². The Balaban J connectivity index is 1.23. The maximum Gasteiger partial charge on any atom is 0.229 e. The average molecular weight is 753 g/mol. The quantitative estimate of drug-likeness (QED) is 0.0716. The Kier molecular flexibility index (Phi) is 9.55. The molecule has 13 heteroatoms. The van der Waals surface area contributed by atoms with Crippen molar-refractivity contribution in [2.24, 2.45) is 10.9 Å². The van der Waals surface area contributed by atoms with E-state index in [2.05, 4.69) is 53.4 Å². The van der Waals surface area contributed by atoms with Gasteiger partial charge >= 0.3 is 0 Å². The van der Waals surface area contributed by atoms with Crippen LogP contribution in [0.3, 0.4) is 0 Å². The first-order chi connectivity index (χ1) is 22.6. The second-order valence-corrected chi connectivity index (χ2v) is 12.5. The number of nitrogens with one attached hydrogen (secondary N) is 4. The van der Waals surface area contributed by atoms with Gasteiger partial charge in [0.1, 0.15) is 17.5 Å². The summed E-state index contributed by atoms with van der Waals surface area (Å²) in [6.07, 6.45) is 3.94. The van der Waals surface area contributed by atoms with Crippen LogP contribution in [0.5, 0.6) is 0 Å². The van der Waals surface area contributed by atoms with Gasteiger partial charge in [-0.3, -0.25) is 20.5 Å². The van der Waals surface area contributed by atoms with Crippen LogP contribution in [-0.2, 0) is 15.8 Å². The van der Waals surface area contributed by atoms with E-state index in [4.69, 9.17) is 10.4 Å². The van der Waals surface area contributed by atoms with Crippen molar-refractivity contribution in [1.82, 2.24) is 20.2 Å². The van der Waals surface area contributed by atoms with Crippen molar-refractivity contribution in [3.8, 4) is 11.3 Å². The molecule has 1 aliphatic heterocycles. The second kappa shape index (κ2) is 13.8. The molecule has 0 bridgehead atoms. The first-order valence-corrected chi connectivity index (χ1v) is 16.6. The van der Waals surface area contributed by atoms with Crippen LogP contribution >= 0.6 is 22.6 Å². The van der Waals surface area contributed by atoms with E-state index in [0.717, 1.165) is 18.4 Å². The lowest BCUT2D eigenvalue weighted by Crippen LogP contribution is -2.39. The zero-order valence-electron chi connectivity index (χ0n) is 25.7. The van der Waals surface area contributed by atoms with Gasteiger partial charge in [-0.15, -0.1) is 0 Å². The third-order valence-corrected chi connectivity index (χ3v) is 9.34. The minimum Gasteiger partial charge on any atom is -0.324 e. The fraction of sp³-hybridized carbons (Fsp3) is 0.265. The highest BCUT2D eigenvalue weighted by molar-refractivity contribution is 14.1. The Hall–Kier alpha value is -4.37. The number of fused-ring (bicyclic) bond motifs is 3. The number of halogens is 4. The topological polar surface area (TPSA) is 118 Å². The van der Waals surface area contributed by atoms with Crippen molar-refractivity contribution < 1.29 is 18.0 Å². The number of carbonyl (C=O) groups excluding carboxylic acids is 1. The lowest BCUT2D eigenvalue weighted by Gasteiger charge is -2.19. The van der Waals surface area contributed by atoms with Crippen molar-refractivity contribution in [2.45, 2.75) is 36.3 Å². The molecular formula is C34H32F3IN8O. The highest BCUT2D eigenvalue weighted by Gasteiger charge is 2.31. The van der Waals surface area contributed by atoms with Crippen LogP contribution in [0, 0.1) is 28.8 Å². The fourth-order valence-electron chi connectivity index (χ4n) is 5.96. The summed E-state index contributed by atoms with van der Waals surface area (Å²) in [5.74, 6) is -2.64. The summed E-state index contributed by atoms with van der Waals surface area (Å²) in [7, 11) is 3.96. The molecule has 47 heavy (non-hydrogen) atoms. The van der Waals surface area contributed by atoms with Gasteiger partial charge in [0.2, 0.25) is 11.9 Å². The van der Waals surface area contributed by atoms with Crippen LogP contribution < -0.4 is 16.0 Å². The summed E-state index contributed by atoms with van der Waals surface area (Å²) < 4.78 is 45.4. The standard InChI is InChI=1S/C34H32F3IN8O/c1-46(2)22-9-7-19(13-22)32(47)45-33(39)43-28-14-21(8-11-25(28)35)42-34-41-17-20-16-40-31(29-26(36)4-3-5-27(29)37)24-12-18(15-38)6-10-23(24)30(20)44-34/h3-6,8,10-12,14,17,19,22H,7,9,13,15-16H2,1-2H3,(H,41,42,44)(H3,39,43,45,47). The molecule has 4 aromatic rings. The molecule has 1 aliphatic carbocycles. The van der Waals surface area contributed by atoms with Crippen LogP contribution in [0.1, 0.15) is 41.5 Å². The van der Waals surface area contributed by atoms with Gasteiger partial charge in [-0.1, -0.05) is 40.8 Å². The molecule has 9 nitrogen and oxygen atoms in total. The number of hydrogen-bond acceptors (Lipinski definition) is 7. The second-order valence-electron chi connectivity index (χ2n) is 11.8. The normalized spacial score (nSPS) is 17.0. The predicted molar refractivity (Wildman–Crippen MR) is 185 cm³/mol. The van der Waals surface area contributed by atoms with E-state index < -0.39 is 17.5 Å². The number of rotatable bonds is 7. The van der Waals surface area contributed by atoms with Gasteiger partial charge < -0.3 is 15.5 Å². The van der Waals surface area contributed by atoms with Crippen LogP contribution in [0.2, 0.25) is 0 Å². The molecule has 1 aromatic heterocycles. The molecule has 2 aliphatic rings. The zero-order chi connectivity index (χ0) is 33.2. The zero-order valence-corrected chi connectivity index (χ0v) is 27.8. The summed E-state index contributed by atoms with van der Waals surface area (Å²) in [5, 5.41) is 16.5. The number of nitrogens with zero attached hydrogens (tertiary/aromatic N) is 4. The summed E-state index contributed by atoms with van der Waals surface area (Å²) in [5.41, 5.74) is 3.76. The van der Waals surface area contributed by atoms with Crippen molar-refractivity contribution in [3.05, 3.63) is 100 Å². The number of alkyl halides is 1. The molecule has 4 N–H and O–H groups in total. The van der Waals surface area contributed by atoms with Gasteiger partial charge in [-0.25, -0.2) is 23.1 Å². The van der Waals surface area contributed by atoms with Crippen molar-refractivity contribution >= 4 is 57.5 Å². The molecule has 1 fully saturated rings. The molecule has 2 atom stereocenters. The summed E-state index contributed by atoms with van der Waals surface area (Å²) in [6.45, 7) is 0.0993. The molecule has 0 radical (unpaired) electrons. The molecule has 2 unspecified atom stereocenters. The van der Waals surface area contributed by atoms with Gasteiger partial charge in [0.05, 0.1) is 29.2 Å². The number of hydrogen-bond donors (Lipinski definition) is 4. The SMILES string of the molecule is CN(C)C1CCC(C(=O)NC(=N)Nc2cc(Nc3ncc4c(n3)-c3ccc(CI)cc3C(c3c(F)cccc3F)=NC4)ccc2F)C1. The van der Waals surface area contributed by atoms with Crippen LogP contribution in [0.4, 0.5) is 30.5 Å². The van der Waals surface area contributed by atoms with E-state index in [9.17, 15) is 18.0 Å². The number of guanidine groups is 1. The minimum absolute atomic E-state index is 0.0192. The highest BCUT2D eigenvalue weighted by Crippen LogP contribution is 2.35. The molecular weight excluding hydrogens is 720 g/mol. The average Bonchev–Trinajstić information content (AvgIpc) is 3.50. The Morgan fingerprint density at radius 2 is 1.81 bits per heavy atom. The van der Waals surface area contributed by atoms with E-state index in [0.29, 0.717) is 45.0 Å². The third-order valence-electron chi connectivity index (χ3n) is 8.46. The van der Waals surface area contributed by atoms with E-state index >= 15 is 0 Å². The lowest BCUT2D eigenvalue weighted by atomic mass is 9.93. The first kappa shape index (κ1) is 32.6. The third kappa shape index (κ3) is 7.00. The lowest BCUT2D eigenvalue weighted by molar-refractivity contribution is -0.123.